The third kappa shape index (κ3) is 9.61. The zero-order valence-electron chi connectivity index (χ0n) is 14.9. The fourth-order valence-corrected chi connectivity index (χ4v) is 3.43. The summed E-state index contributed by atoms with van der Waals surface area (Å²) in [6, 6.07) is 0. The van der Waals surface area contributed by atoms with Gasteiger partial charge in [0.15, 0.2) is 0 Å². The van der Waals surface area contributed by atoms with Gasteiger partial charge in [0, 0.05) is 0 Å². The molecule has 0 aromatic carbocycles. The Balaban J connectivity index is 5.85. The van der Waals surface area contributed by atoms with E-state index in [9.17, 15) is 49.9 Å². The Morgan fingerprint density at radius 2 is 1.03 bits per heavy atom. The quantitative estimate of drug-likeness (QED) is 0.127. The molecule has 0 bridgehead atoms. The van der Waals surface area contributed by atoms with E-state index in [2.05, 4.69) is 21.6 Å². The summed E-state index contributed by atoms with van der Waals surface area (Å²) >= 11 is 0. The van der Waals surface area contributed by atoms with E-state index >= 15 is 0 Å². The van der Waals surface area contributed by atoms with Gasteiger partial charge < -0.3 is 0 Å². The normalized spacial score (nSPS) is 9.84. The Kier molecular flexibility index (Phi) is 9.29. The molecule has 0 atom stereocenters. The van der Waals surface area contributed by atoms with Gasteiger partial charge in [-0.15, -0.1) is 0 Å². The van der Waals surface area contributed by atoms with Crippen LogP contribution >= 0.6 is 0 Å². The molecular weight excluding hydrogens is 1180 g/mol. The van der Waals surface area contributed by atoms with Gasteiger partial charge in [-0.25, -0.2) is 0 Å². The molecule has 0 aromatic heterocycles. The van der Waals surface area contributed by atoms with Crippen LogP contribution in [-0.4, -0.2) is 73.1 Å². The van der Waals surface area contributed by atoms with Gasteiger partial charge in [-0.05, 0) is 0 Å². The number of esters is 1. The first-order valence-electron chi connectivity index (χ1n) is 7.04. The number of hydrogen-bond acceptors (Lipinski definition) is 8. The summed E-state index contributed by atoms with van der Waals surface area (Å²) in [7, 11) is 3.33. The number of ether oxygens (including phenoxy) is 4. The van der Waals surface area contributed by atoms with Crippen molar-refractivity contribution < 1.29 is 68.9 Å². The van der Waals surface area contributed by atoms with E-state index in [1.54, 1.807) is 0 Å². The summed E-state index contributed by atoms with van der Waals surface area (Å²) in [5, 5.41) is 0. The van der Waals surface area contributed by atoms with Gasteiger partial charge in [-0.3, -0.25) is 0 Å². The van der Waals surface area contributed by atoms with Crippen LogP contribution in [0.1, 0.15) is 0 Å². The first kappa shape index (κ1) is 25.7. The van der Waals surface area contributed by atoms with Crippen LogP contribution in [0.25, 0.3) is 0 Å². The Labute approximate surface area is 160 Å². The SMILES string of the molecule is [CH2]=[Cf][C](=O)OCC(CO[C](=O)[Cf]=[C](F)F)(CO[C](=O)[Cf]=[C](F)F)COC(=O)C(F)=C(F)F. The van der Waals surface area contributed by atoms with Gasteiger partial charge >= 0.3 is 159 Å². The van der Waals surface area contributed by atoms with Crippen LogP contribution in [-0.2, 0) is 23.7 Å². The molecule has 18 heteroatoms. The molecule has 0 aliphatic rings. The fourth-order valence-electron chi connectivity index (χ4n) is 1.40. The van der Waals surface area contributed by atoms with Crippen molar-refractivity contribution in [3.63, 3.8) is 0 Å². The zero-order chi connectivity index (χ0) is 24.9. The monoisotopic (exact) mass is 1190 g/mol. The molecule has 0 heterocycles. The van der Waals surface area contributed by atoms with E-state index in [-0.39, 0.29) is 0 Å². The Morgan fingerprint density at radius 3 is 1.38 bits per heavy atom. The maximum absolute atomic E-state index is 13.0. The summed E-state index contributed by atoms with van der Waals surface area (Å²) in [6.45, 7) is -12.2. The molecule has 0 aliphatic carbocycles. The van der Waals surface area contributed by atoms with Gasteiger partial charge in [-0.1, -0.05) is 0 Å². The van der Waals surface area contributed by atoms with Crippen molar-refractivity contribution in [1.29, 1.82) is 0 Å². The second-order valence-electron chi connectivity index (χ2n) is 4.81. The number of halogens is 7. The van der Waals surface area contributed by atoms with E-state index in [0.29, 0.717) is 0 Å². The Hall–Kier alpha value is -6.26. The molecule has 0 N–H and O–H groups in total. The molecular formula is C14H10Cf3F7O8. The third-order valence-corrected chi connectivity index (χ3v) is 6.61. The predicted octanol–water partition coefficient (Wildman–Crippen LogP) is 2.74. The molecule has 0 spiro atoms. The maximum atomic E-state index is 13.0. The average molecular weight is 1190 g/mol. The summed E-state index contributed by atoms with van der Waals surface area (Å²) < 4.78 is 97.3. The van der Waals surface area contributed by atoms with Crippen LogP contribution in [0.2, 0.25) is 0 Å². The van der Waals surface area contributed by atoms with Crippen molar-refractivity contribution in [2.24, 2.45) is 5.41 Å². The molecule has 0 rings (SSSR count). The molecule has 193 valence electrons. The predicted molar refractivity (Wildman–Crippen MR) is 79.4 cm³/mol. The van der Waals surface area contributed by atoms with Crippen LogP contribution in [0.15, 0.2) is 11.9 Å². The first-order valence-corrected chi connectivity index (χ1v) is 15.5. The van der Waals surface area contributed by atoms with Crippen LogP contribution in [0, 0.1) is 5.41 Å². The molecule has 0 amide bonds. The zero-order valence-corrected chi connectivity index (χ0v) is 22.8. The number of carbonyl (C=O) groups is 4. The molecule has 0 aromatic rings. The topological polar surface area (TPSA) is 105 Å². The van der Waals surface area contributed by atoms with Crippen molar-refractivity contribution in [3.05, 3.63) is 11.9 Å². The number of rotatable bonds is 12. The summed E-state index contributed by atoms with van der Waals surface area (Å²) in [6.07, 6.45) is -3.03. The molecule has 8 nitrogen and oxygen atoms in total. The van der Waals surface area contributed by atoms with E-state index < -0.39 is 83.0 Å². The van der Waals surface area contributed by atoms with Crippen molar-refractivity contribution in [3.8, 4) is 0 Å². The number of hydrogen-bond donors (Lipinski definition) is 0. The van der Waals surface area contributed by atoms with Crippen LogP contribution in [0.4, 0.5) is 45.1 Å². The van der Waals surface area contributed by atoms with Crippen molar-refractivity contribution in [1.82, 2.24) is 0 Å². The third-order valence-electron chi connectivity index (χ3n) is 2.64. The van der Waals surface area contributed by atoms with E-state index in [1.165, 1.54) is 0 Å². The summed E-state index contributed by atoms with van der Waals surface area (Å²) in [4.78, 5) is 45.7. The van der Waals surface area contributed by atoms with Gasteiger partial charge in [0.1, 0.15) is 0 Å². The van der Waals surface area contributed by atoms with Gasteiger partial charge in [0.05, 0.1) is 0 Å². The molecule has 0 radical (unpaired) electrons. The van der Waals surface area contributed by atoms with Gasteiger partial charge in [0.25, 0.3) is 0 Å². The van der Waals surface area contributed by atoms with E-state index in [1.807, 2.05) is 0 Å². The second-order valence-corrected chi connectivity index (χ2v) is 12.3. The summed E-state index contributed by atoms with van der Waals surface area (Å²) in [5.41, 5.74) is -2.10. The number of carbonyl (C=O) groups excluding carboxylic acids is 4. The van der Waals surface area contributed by atoms with Crippen molar-refractivity contribution >= 4 is 46.7 Å². The van der Waals surface area contributed by atoms with Gasteiger partial charge in [-0.2, -0.15) is 0 Å². The Morgan fingerprint density at radius 1 is 0.656 bits per heavy atom. The van der Waals surface area contributed by atoms with Crippen molar-refractivity contribution in [2.45, 2.75) is 0 Å². The molecule has 32 heavy (non-hydrogen) atoms. The van der Waals surface area contributed by atoms with Crippen LogP contribution in [0.3, 0.4) is 0 Å². The second kappa shape index (κ2) is 11.6. The molecule has 0 fully saturated rings. The van der Waals surface area contributed by atoms with Gasteiger partial charge in [0.2, 0.25) is 0 Å². The Bertz CT molecular complexity index is 800. The standard InChI is InChI=1S/C11H8F3O8.2CF2.CH2.3Cf/c12-8(9(13)14)10(18)22-4-11(1-19-5-15,2-20-6-16)3-21-7-17;2*2-1-3;;;;/h1-4H2;;;1H2;;;. The molecule has 0 saturated heterocycles. The minimum atomic E-state index is -3.03. The van der Waals surface area contributed by atoms with Crippen molar-refractivity contribution in [2.75, 3.05) is 26.4 Å². The fraction of sp³-hybridized carbons (Fsp3) is 0.357. The molecule has 0 aliphatic heterocycles. The van der Waals surface area contributed by atoms with E-state index in [0.717, 1.165) is 0 Å². The minimum absolute atomic E-state index is 0.856. The molecule has 0 unspecified atom stereocenters. The average Bonchev–Trinajstić information content (AvgIpc) is 2.70. The molecule has 0 saturated carbocycles. The van der Waals surface area contributed by atoms with Crippen LogP contribution < -0.4 is 0 Å². The van der Waals surface area contributed by atoms with E-state index in [4.69, 9.17) is 4.74 Å². The summed E-state index contributed by atoms with van der Waals surface area (Å²) in [5.74, 6) is -4.78. The van der Waals surface area contributed by atoms with Crippen LogP contribution in [0.5, 0.6) is 0 Å². The first-order chi connectivity index (χ1) is 14.8.